The molecule has 2 heterocycles. The van der Waals surface area contributed by atoms with Crippen molar-refractivity contribution >= 4 is 51.9 Å². The molecule has 3 aromatic carbocycles. The van der Waals surface area contributed by atoms with Gasteiger partial charge in [0, 0.05) is 5.69 Å². The van der Waals surface area contributed by atoms with Gasteiger partial charge < -0.3 is 19.5 Å². The summed E-state index contributed by atoms with van der Waals surface area (Å²) in [5, 5.41) is 2.39. The van der Waals surface area contributed by atoms with Crippen LogP contribution in [0.15, 0.2) is 71.6 Å². The second-order valence-electron chi connectivity index (χ2n) is 8.44. The van der Waals surface area contributed by atoms with Gasteiger partial charge in [-0.1, -0.05) is 48.2 Å². The summed E-state index contributed by atoms with van der Waals surface area (Å²) in [4.78, 5) is 27.2. The van der Waals surface area contributed by atoms with Crippen LogP contribution in [0.25, 0.3) is 6.08 Å². The van der Waals surface area contributed by atoms with Crippen molar-refractivity contribution < 1.29 is 37.0 Å². The average Bonchev–Trinajstić information content (AvgIpc) is 3.47. The summed E-state index contributed by atoms with van der Waals surface area (Å²) in [7, 11) is 0. The third-order valence-electron chi connectivity index (χ3n) is 5.65. The van der Waals surface area contributed by atoms with Crippen molar-refractivity contribution in [3.63, 3.8) is 0 Å². The van der Waals surface area contributed by atoms with Crippen molar-refractivity contribution in [1.29, 1.82) is 0 Å². The number of carbonyl (C=O) groups is 2. The minimum absolute atomic E-state index is 0.00921. The molecule has 0 unspecified atom stereocenters. The van der Waals surface area contributed by atoms with E-state index in [9.17, 15) is 22.8 Å². The molecule has 7 nitrogen and oxygen atoms in total. The van der Waals surface area contributed by atoms with Crippen molar-refractivity contribution in [1.82, 2.24) is 4.90 Å². The van der Waals surface area contributed by atoms with Gasteiger partial charge in [-0.3, -0.25) is 14.5 Å². The highest BCUT2D eigenvalue weighted by atomic mass is 32.2. The second kappa shape index (κ2) is 11.0. The number of halogens is 3. The van der Waals surface area contributed by atoms with Crippen LogP contribution >= 0.6 is 24.0 Å². The van der Waals surface area contributed by atoms with E-state index in [0.717, 1.165) is 17.7 Å². The SMILES string of the molecule is O=C(COc1cccc(/C=C2\SC(=S)N(Cc3ccc4c(c3)OCO4)C2=O)c1)Nc1cccc(C(F)(F)F)c1. The first kappa shape index (κ1) is 26.6. The van der Waals surface area contributed by atoms with Gasteiger partial charge in [0.15, 0.2) is 18.1 Å². The third kappa shape index (κ3) is 6.35. The van der Waals surface area contributed by atoms with Crippen LogP contribution in [0.3, 0.4) is 0 Å². The number of fused-ring (bicyclic) bond motifs is 1. The molecule has 5 rings (SSSR count). The van der Waals surface area contributed by atoms with Crippen LogP contribution < -0.4 is 19.5 Å². The molecule has 0 bridgehead atoms. The number of benzene rings is 3. The summed E-state index contributed by atoms with van der Waals surface area (Å²) in [6, 6.07) is 16.5. The van der Waals surface area contributed by atoms with Crippen molar-refractivity contribution in [3.8, 4) is 17.2 Å². The normalized spacial score (nSPS) is 15.7. The molecule has 0 spiro atoms. The van der Waals surface area contributed by atoms with Gasteiger partial charge in [-0.2, -0.15) is 13.2 Å². The molecule has 0 aliphatic carbocycles. The van der Waals surface area contributed by atoms with Crippen LogP contribution in [-0.4, -0.2) is 34.4 Å². The number of carbonyl (C=O) groups excluding carboxylic acids is 2. The Morgan fingerprint density at radius 1 is 1.08 bits per heavy atom. The standard InChI is InChI=1S/C27H19F3N2O5S2/c28-27(29,30)18-4-2-5-19(12-18)31-24(33)14-35-20-6-1-3-16(9-20)11-23-25(34)32(26(38)39-23)13-17-7-8-21-22(10-17)37-15-36-21/h1-12H,13-15H2,(H,31,33)/b23-11-. The van der Waals surface area contributed by atoms with Crippen molar-refractivity contribution in [3.05, 3.63) is 88.3 Å². The molecule has 2 amide bonds. The summed E-state index contributed by atoms with van der Waals surface area (Å²) in [6.45, 7) is 0.0198. The Kier molecular flexibility index (Phi) is 7.49. The highest BCUT2D eigenvalue weighted by Gasteiger charge is 2.32. The van der Waals surface area contributed by atoms with Gasteiger partial charge in [0.1, 0.15) is 10.1 Å². The van der Waals surface area contributed by atoms with Crippen LogP contribution in [-0.2, 0) is 22.3 Å². The lowest BCUT2D eigenvalue weighted by molar-refractivity contribution is -0.137. The fourth-order valence-corrected chi connectivity index (χ4v) is 5.08. The number of rotatable bonds is 7. The lowest BCUT2D eigenvalue weighted by Crippen LogP contribution is -2.27. The number of hydrogen-bond donors (Lipinski definition) is 1. The van der Waals surface area contributed by atoms with E-state index in [0.29, 0.717) is 32.0 Å². The van der Waals surface area contributed by atoms with Crippen LogP contribution in [0, 0.1) is 0 Å². The molecular formula is C27H19F3N2O5S2. The molecule has 0 saturated carbocycles. The molecule has 0 aromatic heterocycles. The van der Waals surface area contributed by atoms with Gasteiger partial charge in [0.25, 0.3) is 11.8 Å². The van der Waals surface area contributed by atoms with Crippen molar-refractivity contribution in [2.45, 2.75) is 12.7 Å². The molecule has 200 valence electrons. The number of ether oxygens (including phenoxy) is 3. The van der Waals surface area contributed by atoms with Gasteiger partial charge in [-0.15, -0.1) is 0 Å². The molecular weight excluding hydrogens is 553 g/mol. The zero-order chi connectivity index (χ0) is 27.6. The van der Waals surface area contributed by atoms with E-state index in [-0.39, 0.29) is 24.9 Å². The number of nitrogens with zero attached hydrogens (tertiary/aromatic N) is 1. The fourth-order valence-electron chi connectivity index (χ4n) is 3.82. The second-order valence-corrected chi connectivity index (χ2v) is 10.1. The Morgan fingerprint density at radius 3 is 2.69 bits per heavy atom. The number of thioether (sulfide) groups is 1. The summed E-state index contributed by atoms with van der Waals surface area (Å²) < 4.78 is 55.3. The number of alkyl halides is 3. The number of hydrogen-bond acceptors (Lipinski definition) is 7. The average molecular weight is 573 g/mol. The molecule has 3 aromatic rings. The van der Waals surface area contributed by atoms with Crippen molar-refractivity contribution in [2.24, 2.45) is 0 Å². The Balaban J connectivity index is 1.20. The molecule has 2 aliphatic heterocycles. The first-order valence-corrected chi connectivity index (χ1v) is 12.7. The zero-order valence-corrected chi connectivity index (χ0v) is 21.6. The third-order valence-corrected chi connectivity index (χ3v) is 7.03. The Morgan fingerprint density at radius 2 is 1.87 bits per heavy atom. The Bertz CT molecular complexity index is 1490. The lowest BCUT2D eigenvalue weighted by Gasteiger charge is -2.14. The maximum absolute atomic E-state index is 13.1. The molecule has 39 heavy (non-hydrogen) atoms. The van der Waals surface area contributed by atoms with Crippen LogP contribution in [0.2, 0.25) is 0 Å². The maximum atomic E-state index is 13.1. The monoisotopic (exact) mass is 572 g/mol. The van der Waals surface area contributed by atoms with Crippen LogP contribution in [0.1, 0.15) is 16.7 Å². The number of anilines is 1. The first-order chi connectivity index (χ1) is 18.7. The van der Waals surface area contributed by atoms with Crippen molar-refractivity contribution in [2.75, 3.05) is 18.7 Å². The van der Waals surface area contributed by atoms with Crippen LogP contribution in [0.4, 0.5) is 18.9 Å². The molecule has 12 heteroatoms. The summed E-state index contributed by atoms with van der Waals surface area (Å²) >= 11 is 6.60. The van der Waals surface area contributed by atoms with Gasteiger partial charge >= 0.3 is 6.18 Å². The quantitative estimate of drug-likeness (QED) is 0.281. The summed E-state index contributed by atoms with van der Waals surface area (Å²) in [5.74, 6) is 0.755. The number of nitrogens with one attached hydrogen (secondary N) is 1. The highest BCUT2D eigenvalue weighted by Crippen LogP contribution is 2.37. The molecule has 1 fully saturated rings. The molecule has 1 saturated heterocycles. The number of thiocarbonyl (C=S) groups is 1. The molecule has 0 atom stereocenters. The first-order valence-electron chi connectivity index (χ1n) is 11.5. The smallest absolute Gasteiger partial charge is 0.416 e. The highest BCUT2D eigenvalue weighted by molar-refractivity contribution is 8.26. The summed E-state index contributed by atoms with van der Waals surface area (Å²) in [5.41, 5.74) is 0.634. The Hall–Kier alpha value is -4.03. The largest absolute Gasteiger partial charge is 0.484 e. The van der Waals surface area contributed by atoms with Gasteiger partial charge in [-0.05, 0) is 59.7 Å². The topological polar surface area (TPSA) is 77.1 Å². The zero-order valence-electron chi connectivity index (χ0n) is 20.0. The Labute approximate surface area is 230 Å². The molecule has 0 radical (unpaired) electrons. The van der Waals surface area contributed by atoms with Gasteiger partial charge in [-0.25, -0.2) is 0 Å². The number of amides is 2. The van der Waals surface area contributed by atoms with Crippen LogP contribution in [0.5, 0.6) is 17.2 Å². The van der Waals surface area contributed by atoms with E-state index in [2.05, 4.69) is 5.32 Å². The maximum Gasteiger partial charge on any atom is 0.416 e. The van der Waals surface area contributed by atoms with E-state index < -0.39 is 24.3 Å². The lowest BCUT2D eigenvalue weighted by atomic mass is 10.1. The van der Waals surface area contributed by atoms with E-state index in [1.165, 1.54) is 28.8 Å². The minimum atomic E-state index is -4.52. The molecule has 1 N–H and O–H groups in total. The fraction of sp³-hybridized carbons (Fsp3) is 0.148. The van der Waals surface area contributed by atoms with E-state index in [4.69, 9.17) is 26.4 Å². The van der Waals surface area contributed by atoms with E-state index in [1.54, 1.807) is 36.4 Å². The molecule has 2 aliphatic rings. The van der Waals surface area contributed by atoms with E-state index in [1.807, 2.05) is 12.1 Å². The summed E-state index contributed by atoms with van der Waals surface area (Å²) in [6.07, 6.45) is -2.84. The predicted octanol–water partition coefficient (Wildman–Crippen LogP) is 5.85. The minimum Gasteiger partial charge on any atom is -0.484 e. The van der Waals surface area contributed by atoms with E-state index >= 15 is 0 Å². The predicted molar refractivity (Wildman–Crippen MR) is 143 cm³/mol. The van der Waals surface area contributed by atoms with Gasteiger partial charge in [0.05, 0.1) is 17.0 Å². The van der Waals surface area contributed by atoms with Gasteiger partial charge in [0.2, 0.25) is 6.79 Å².